The van der Waals surface area contributed by atoms with Crippen molar-refractivity contribution in [3.63, 3.8) is 0 Å². The van der Waals surface area contributed by atoms with Gasteiger partial charge < -0.3 is 15.9 Å². The molecule has 1 aliphatic carbocycles. The van der Waals surface area contributed by atoms with Crippen molar-refractivity contribution in [2.75, 3.05) is 0 Å². The van der Waals surface area contributed by atoms with Gasteiger partial charge in [0.25, 0.3) is 0 Å². The number of thiophene rings is 1. The molecule has 0 saturated carbocycles. The van der Waals surface area contributed by atoms with Crippen LogP contribution in [0.4, 0.5) is 0 Å². The lowest BCUT2D eigenvalue weighted by Crippen LogP contribution is -2.24. The van der Waals surface area contributed by atoms with E-state index in [-0.39, 0.29) is 10.6 Å². The zero-order valence-corrected chi connectivity index (χ0v) is 9.20. The molecule has 2 rings (SSSR count). The van der Waals surface area contributed by atoms with Crippen molar-refractivity contribution < 1.29 is 15.0 Å². The highest BCUT2D eigenvalue weighted by molar-refractivity contribution is 7.15. The molecule has 1 aliphatic rings. The minimum Gasteiger partial charge on any atom is -0.510 e. The number of aliphatic hydroxyl groups is 1. The minimum atomic E-state index is -0.958. The predicted octanol–water partition coefficient (Wildman–Crippen LogP) is 2.00. The lowest BCUT2D eigenvalue weighted by molar-refractivity contribution is 0.0702. The van der Waals surface area contributed by atoms with Gasteiger partial charge in [0.15, 0.2) is 0 Å². The summed E-state index contributed by atoms with van der Waals surface area (Å²) in [6.07, 6.45) is 4.25. The monoisotopic (exact) mass is 237 g/mol. The van der Waals surface area contributed by atoms with Crippen LogP contribution in [-0.4, -0.2) is 22.2 Å². The second-order valence-corrected chi connectivity index (χ2v) is 4.60. The molecule has 4 nitrogen and oxygen atoms in total. The van der Waals surface area contributed by atoms with E-state index in [0.717, 1.165) is 16.2 Å². The van der Waals surface area contributed by atoms with Gasteiger partial charge in [-0.05, 0) is 18.6 Å². The maximum atomic E-state index is 10.7. The van der Waals surface area contributed by atoms with Crippen molar-refractivity contribution >= 4 is 22.9 Å². The summed E-state index contributed by atoms with van der Waals surface area (Å²) >= 11 is 1.13. The Bertz CT molecular complexity index is 487. The molecule has 0 fully saturated rings. The Morgan fingerprint density at radius 2 is 2.25 bits per heavy atom. The molecule has 0 amide bonds. The van der Waals surface area contributed by atoms with Gasteiger partial charge in [-0.2, -0.15) is 0 Å². The van der Waals surface area contributed by atoms with Gasteiger partial charge in [-0.15, -0.1) is 11.3 Å². The molecule has 0 radical (unpaired) electrons. The van der Waals surface area contributed by atoms with Crippen LogP contribution in [0.15, 0.2) is 30.0 Å². The van der Waals surface area contributed by atoms with Crippen LogP contribution in [-0.2, 0) is 0 Å². The second-order valence-electron chi connectivity index (χ2n) is 3.51. The summed E-state index contributed by atoms with van der Waals surface area (Å²) in [6.45, 7) is 0. The van der Waals surface area contributed by atoms with E-state index in [0.29, 0.717) is 12.0 Å². The highest BCUT2D eigenvalue weighted by Gasteiger charge is 2.18. The quantitative estimate of drug-likeness (QED) is 0.734. The molecule has 16 heavy (non-hydrogen) atoms. The lowest BCUT2D eigenvalue weighted by atomic mass is 10.00. The zero-order valence-electron chi connectivity index (χ0n) is 8.38. The molecular weight excluding hydrogens is 226 g/mol. The minimum absolute atomic E-state index is 0.126. The fourth-order valence-corrected chi connectivity index (χ4v) is 2.41. The van der Waals surface area contributed by atoms with Crippen molar-refractivity contribution in [2.45, 2.75) is 12.5 Å². The molecule has 1 aromatic heterocycles. The van der Waals surface area contributed by atoms with E-state index < -0.39 is 12.0 Å². The van der Waals surface area contributed by atoms with Gasteiger partial charge >= 0.3 is 5.97 Å². The van der Waals surface area contributed by atoms with Crippen molar-refractivity contribution in [3.05, 3.63) is 39.8 Å². The summed E-state index contributed by atoms with van der Waals surface area (Å²) in [5, 5.41) is 18.6. The molecule has 0 aromatic carbocycles. The first-order chi connectivity index (χ1) is 7.59. The third-order valence-electron chi connectivity index (χ3n) is 2.38. The third kappa shape index (κ3) is 1.87. The first-order valence-corrected chi connectivity index (χ1v) is 5.60. The highest BCUT2D eigenvalue weighted by Crippen LogP contribution is 2.30. The molecule has 1 aromatic rings. The number of rotatable bonds is 2. The fourth-order valence-electron chi connectivity index (χ4n) is 1.54. The van der Waals surface area contributed by atoms with Crippen LogP contribution >= 0.6 is 11.3 Å². The summed E-state index contributed by atoms with van der Waals surface area (Å²) in [6, 6.07) is 2.81. The Labute approximate surface area is 96.3 Å². The number of carboxylic acids is 1. The molecule has 0 saturated heterocycles. The molecule has 4 N–H and O–H groups in total. The van der Waals surface area contributed by atoms with E-state index in [4.69, 9.17) is 10.8 Å². The number of allylic oxidation sites excluding steroid dienone is 2. The number of hydrogen-bond acceptors (Lipinski definition) is 4. The van der Waals surface area contributed by atoms with Gasteiger partial charge in [0, 0.05) is 10.5 Å². The molecule has 84 valence electrons. The number of aromatic carboxylic acids is 1. The van der Waals surface area contributed by atoms with Crippen LogP contribution in [0, 0.1) is 0 Å². The molecule has 0 spiro atoms. The van der Waals surface area contributed by atoms with Gasteiger partial charge in [-0.1, -0.05) is 12.2 Å². The second kappa shape index (κ2) is 4.11. The average Bonchev–Trinajstić information content (AvgIpc) is 2.71. The van der Waals surface area contributed by atoms with Gasteiger partial charge in [0.2, 0.25) is 0 Å². The van der Waals surface area contributed by atoms with E-state index in [2.05, 4.69) is 0 Å². The summed E-state index contributed by atoms with van der Waals surface area (Å²) in [7, 11) is 0. The summed E-state index contributed by atoms with van der Waals surface area (Å²) in [5.74, 6) is -0.832. The molecule has 5 heteroatoms. The smallest absolute Gasteiger partial charge is 0.345 e. The van der Waals surface area contributed by atoms with Gasteiger partial charge in [0.05, 0.1) is 6.04 Å². The Morgan fingerprint density at radius 1 is 1.50 bits per heavy atom. The van der Waals surface area contributed by atoms with Crippen molar-refractivity contribution in [1.29, 1.82) is 0 Å². The van der Waals surface area contributed by atoms with Gasteiger partial charge in [-0.3, -0.25) is 0 Å². The molecule has 1 atom stereocenters. The third-order valence-corrected chi connectivity index (χ3v) is 3.49. The Balaban J connectivity index is 2.40. The van der Waals surface area contributed by atoms with E-state index >= 15 is 0 Å². The van der Waals surface area contributed by atoms with Crippen LogP contribution < -0.4 is 5.73 Å². The first kappa shape index (κ1) is 10.9. The fraction of sp³-hybridized carbons (Fsp3) is 0.182. The highest BCUT2D eigenvalue weighted by atomic mass is 32.1. The summed E-state index contributed by atoms with van der Waals surface area (Å²) < 4.78 is 0. The molecule has 1 unspecified atom stereocenters. The SMILES string of the molecule is NC1CC=CC(c2ccc(C(=O)O)s2)=C1O. The maximum Gasteiger partial charge on any atom is 0.345 e. The van der Waals surface area contributed by atoms with Crippen LogP contribution in [0.3, 0.4) is 0 Å². The largest absolute Gasteiger partial charge is 0.510 e. The maximum absolute atomic E-state index is 10.7. The van der Waals surface area contributed by atoms with E-state index in [1.165, 1.54) is 6.07 Å². The zero-order chi connectivity index (χ0) is 11.7. The molecule has 0 bridgehead atoms. The number of hydrogen-bond donors (Lipinski definition) is 3. The van der Waals surface area contributed by atoms with Gasteiger partial charge in [0.1, 0.15) is 10.6 Å². The van der Waals surface area contributed by atoms with Crippen LogP contribution in [0.2, 0.25) is 0 Å². The number of nitrogens with two attached hydrogens (primary N) is 1. The van der Waals surface area contributed by atoms with Crippen LogP contribution in [0.1, 0.15) is 21.0 Å². The first-order valence-electron chi connectivity index (χ1n) is 4.78. The standard InChI is InChI=1S/C11H11NO3S/c12-7-3-1-2-6(10(7)13)8-4-5-9(16-8)11(14)15/h1-2,4-5,7,13H,3,12H2,(H,14,15). The Morgan fingerprint density at radius 3 is 2.88 bits per heavy atom. The normalized spacial score (nSPS) is 20.2. The van der Waals surface area contributed by atoms with Crippen molar-refractivity contribution in [3.8, 4) is 0 Å². The van der Waals surface area contributed by atoms with Crippen LogP contribution in [0.25, 0.3) is 5.57 Å². The van der Waals surface area contributed by atoms with Crippen LogP contribution in [0.5, 0.6) is 0 Å². The predicted molar refractivity (Wildman–Crippen MR) is 62.6 cm³/mol. The summed E-state index contributed by atoms with van der Waals surface area (Å²) in [5.41, 5.74) is 6.32. The molecule has 1 heterocycles. The molecule has 0 aliphatic heterocycles. The summed E-state index contributed by atoms with van der Waals surface area (Å²) in [4.78, 5) is 11.7. The number of aliphatic hydroxyl groups excluding tert-OH is 1. The van der Waals surface area contributed by atoms with E-state index in [9.17, 15) is 9.90 Å². The Kier molecular flexibility index (Phi) is 2.80. The number of carbonyl (C=O) groups is 1. The van der Waals surface area contributed by atoms with Crippen molar-refractivity contribution in [1.82, 2.24) is 0 Å². The van der Waals surface area contributed by atoms with E-state index in [1.807, 2.05) is 6.08 Å². The van der Waals surface area contributed by atoms with E-state index in [1.54, 1.807) is 12.1 Å². The van der Waals surface area contributed by atoms with Crippen molar-refractivity contribution in [2.24, 2.45) is 5.73 Å². The topological polar surface area (TPSA) is 83.6 Å². The average molecular weight is 237 g/mol. The lowest BCUT2D eigenvalue weighted by Gasteiger charge is -2.15. The number of carboxylic acid groups (broad SMARTS) is 1. The van der Waals surface area contributed by atoms with Gasteiger partial charge in [-0.25, -0.2) is 4.79 Å². The Hall–Kier alpha value is -1.59. The molecular formula is C11H11NO3S.